The Balaban J connectivity index is 1.25. The van der Waals surface area contributed by atoms with Crippen LogP contribution in [0.15, 0.2) is 34.2 Å². The molecule has 5 aromatic rings. The van der Waals surface area contributed by atoms with E-state index in [2.05, 4.69) is 20.4 Å². The van der Waals surface area contributed by atoms with E-state index < -0.39 is 17.7 Å². The maximum atomic E-state index is 13.0. The number of nitrogens with one attached hydrogen (secondary N) is 1. The number of ether oxygens (including phenoxy) is 4. The van der Waals surface area contributed by atoms with Gasteiger partial charge in [-0.1, -0.05) is 0 Å². The van der Waals surface area contributed by atoms with Crippen molar-refractivity contribution in [1.29, 1.82) is 0 Å². The van der Waals surface area contributed by atoms with Crippen LogP contribution in [0.4, 0.5) is 13.2 Å². The lowest BCUT2D eigenvalue weighted by Crippen LogP contribution is -2.45. The third kappa shape index (κ3) is 5.29. The molecule has 0 radical (unpaired) electrons. The molecule has 216 valence electrons. The highest BCUT2D eigenvalue weighted by atomic mass is 32.1. The van der Waals surface area contributed by atoms with Gasteiger partial charge in [0.1, 0.15) is 34.4 Å². The number of carbonyl (C=O) groups excluding carboxylic acids is 1. The van der Waals surface area contributed by atoms with Crippen LogP contribution in [0.3, 0.4) is 0 Å². The van der Waals surface area contributed by atoms with Crippen LogP contribution in [0.1, 0.15) is 23.5 Å². The minimum atomic E-state index is -5.10. The third-order valence-corrected chi connectivity index (χ3v) is 8.47. The number of alkyl halides is 3. The zero-order valence-electron chi connectivity index (χ0n) is 21.6. The van der Waals surface area contributed by atoms with Crippen molar-refractivity contribution < 1.29 is 41.3 Å². The van der Waals surface area contributed by atoms with Crippen LogP contribution >= 0.6 is 22.7 Å². The summed E-state index contributed by atoms with van der Waals surface area (Å²) in [7, 11) is 3.05. The molecular weight excluding hydrogens is 587 g/mol. The number of hydrogen-bond donors (Lipinski definition) is 1. The first-order valence-corrected chi connectivity index (χ1v) is 14.0. The summed E-state index contributed by atoms with van der Waals surface area (Å²) in [5.74, 6) is -0.790. The highest BCUT2D eigenvalue weighted by Gasteiger charge is 2.49. The lowest BCUT2D eigenvalue weighted by Gasteiger charge is -2.35. The van der Waals surface area contributed by atoms with E-state index in [0.29, 0.717) is 67.9 Å². The van der Waals surface area contributed by atoms with Gasteiger partial charge in [-0.25, -0.2) is 19.3 Å². The Morgan fingerprint density at radius 3 is 2.68 bits per heavy atom. The molecule has 5 heterocycles. The number of thiazole rings is 1. The second-order valence-corrected chi connectivity index (χ2v) is 10.9. The van der Waals surface area contributed by atoms with E-state index in [1.807, 2.05) is 0 Å². The van der Waals surface area contributed by atoms with Crippen LogP contribution in [-0.4, -0.2) is 59.0 Å². The van der Waals surface area contributed by atoms with Gasteiger partial charge in [-0.15, -0.1) is 16.4 Å². The molecule has 0 atom stereocenters. The van der Waals surface area contributed by atoms with E-state index in [1.54, 1.807) is 34.3 Å². The average molecular weight is 610 g/mol. The summed E-state index contributed by atoms with van der Waals surface area (Å²) in [5, 5.41) is 10.5. The molecule has 1 aromatic carbocycles. The Morgan fingerprint density at radius 2 is 1.98 bits per heavy atom. The number of fused-ring (bicyclic) bond motifs is 2. The third-order valence-electron chi connectivity index (χ3n) is 6.51. The minimum Gasteiger partial charge on any atom is -0.496 e. The van der Waals surface area contributed by atoms with Gasteiger partial charge in [0.15, 0.2) is 11.4 Å². The summed E-state index contributed by atoms with van der Waals surface area (Å²) in [6, 6.07) is 5.22. The zero-order valence-corrected chi connectivity index (χ0v) is 23.2. The highest BCUT2D eigenvalue weighted by Crippen LogP contribution is 2.40. The van der Waals surface area contributed by atoms with Crippen molar-refractivity contribution in [1.82, 2.24) is 24.9 Å². The largest absolute Gasteiger partial charge is 0.496 e. The molecule has 11 nitrogen and oxygen atoms in total. The van der Waals surface area contributed by atoms with Crippen LogP contribution in [0, 0.1) is 0 Å². The first-order chi connectivity index (χ1) is 19.7. The Morgan fingerprint density at radius 1 is 1.17 bits per heavy atom. The fourth-order valence-corrected chi connectivity index (χ4v) is 6.19. The van der Waals surface area contributed by atoms with Gasteiger partial charge >= 0.3 is 12.1 Å². The standard InChI is InChI=1S/C25H22F3N5O6S2/c1-35-14-7-17(15-9-19(38-18(15)8-14)16-10-33-22(31-16)41-23(32-33)36-2)37-11-13-12-40-20(30-13)24(3-5-29-6-4-24)39-21(34)25(26,27)28/h7-10,12,29H,3-6,11H2,1-2H3. The van der Waals surface area contributed by atoms with Crippen molar-refractivity contribution in [3.8, 4) is 28.1 Å². The maximum Gasteiger partial charge on any atom is 0.490 e. The number of esters is 1. The van der Waals surface area contributed by atoms with Crippen molar-refractivity contribution in [2.75, 3.05) is 27.3 Å². The molecule has 6 rings (SSSR count). The summed E-state index contributed by atoms with van der Waals surface area (Å²) in [6.07, 6.45) is -3.03. The average Bonchev–Trinajstić information content (AvgIpc) is 3.74. The zero-order chi connectivity index (χ0) is 28.8. The molecule has 4 aromatic heterocycles. The fourth-order valence-electron chi connectivity index (χ4n) is 4.49. The molecule has 0 spiro atoms. The lowest BCUT2D eigenvalue weighted by molar-refractivity contribution is -0.217. The van der Waals surface area contributed by atoms with E-state index in [1.165, 1.54) is 25.6 Å². The van der Waals surface area contributed by atoms with Crippen LogP contribution in [0.5, 0.6) is 16.7 Å². The van der Waals surface area contributed by atoms with Crippen LogP contribution in [0.2, 0.25) is 0 Å². The number of halogens is 3. The number of methoxy groups -OCH3 is 2. The number of carbonyl (C=O) groups is 1. The predicted molar refractivity (Wildman–Crippen MR) is 142 cm³/mol. The topological polar surface area (TPSA) is 122 Å². The Labute approximate surface area is 237 Å². The van der Waals surface area contributed by atoms with Gasteiger partial charge in [-0.2, -0.15) is 13.2 Å². The van der Waals surface area contributed by atoms with Gasteiger partial charge in [-0.05, 0) is 30.5 Å². The van der Waals surface area contributed by atoms with E-state index in [9.17, 15) is 18.0 Å². The van der Waals surface area contributed by atoms with Gasteiger partial charge in [-0.3, -0.25) is 0 Å². The second-order valence-electron chi connectivity index (χ2n) is 9.14. The number of rotatable bonds is 8. The number of furan rings is 1. The molecule has 1 N–H and O–H groups in total. The quantitative estimate of drug-likeness (QED) is 0.242. The molecule has 0 aliphatic carbocycles. The summed E-state index contributed by atoms with van der Waals surface area (Å²) in [6.45, 7) is 0.781. The van der Waals surface area contributed by atoms with Gasteiger partial charge in [0.05, 0.1) is 31.5 Å². The van der Waals surface area contributed by atoms with Crippen molar-refractivity contribution in [3.05, 3.63) is 40.5 Å². The van der Waals surface area contributed by atoms with E-state index >= 15 is 0 Å². The first-order valence-electron chi connectivity index (χ1n) is 12.3. The molecule has 1 aliphatic heterocycles. The Hall–Kier alpha value is -3.89. The van der Waals surface area contributed by atoms with Crippen molar-refractivity contribution >= 4 is 44.6 Å². The molecule has 1 saturated heterocycles. The van der Waals surface area contributed by atoms with Crippen molar-refractivity contribution in [3.63, 3.8) is 0 Å². The monoisotopic (exact) mass is 609 g/mol. The Bertz CT molecular complexity index is 1690. The molecule has 1 fully saturated rings. The highest BCUT2D eigenvalue weighted by molar-refractivity contribution is 7.18. The van der Waals surface area contributed by atoms with Crippen LogP contribution in [-0.2, 0) is 21.7 Å². The SMILES string of the molecule is COc1cc(OCc2csc(C3(OC(=O)C(F)(F)F)CCNCC3)n2)c2cc(-c3cn4nc(OC)sc4n3)oc2c1. The molecule has 0 saturated carbocycles. The first kappa shape index (κ1) is 27.3. The van der Waals surface area contributed by atoms with E-state index in [0.717, 1.165) is 11.3 Å². The fraction of sp³-hybridized carbons (Fsp3) is 0.360. The van der Waals surface area contributed by atoms with Crippen molar-refractivity contribution in [2.24, 2.45) is 0 Å². The molecule has 0 bridgehead atoms. The Kier molecular flexibility index (Phi) is 6.99. The number of benzene rings is 1. The van der Waals surface area contributed by atoms with Gasteiger partial charge in [0, 0.05) is 30.4 Å². The number of piperidine rings is 1. The summed E-state index contributed by atoms with van der Waals surface area (Å²) >= 11 is 2.42. The van der Waals surface area contributed by atoms with Gasteiger partial charge in [0.2, 0.25) is 4.96 Å². The predicted octanol–water partition coefficient (Wildman–Crippen LogP) is 4.94. The smallest absolute Gasteiger partial charge is 0.490 e. The molecule has 1 aliphatic rings. The summed E-state index contributed by atoms with van der Waals surface area (Å²) in [5.41, 5.74) is 0.0842. The van der Waals surface area contributed by atoms with E-state index in [-0.39, 0.29) is 19.4 Å². The summed E-state index contributed by atoms with van der Waals surface area (Å²) in [4.78, 5) is 21.4. The molecule has 0 unspecified atom stereocenters. The second kappa shape index (κ2) is 10.5. The normalized spacial score (nSPS) is 15.3. The maximum absolute atomic E-state index is 13.0. The van der Waals surface area contributed by atoms with Crippen LogP contribution < -0.4 is 19.5 Å². The van der Waals surface area contributed by atoms with Crippen LogP contribution in [0.25, 0.3) is 27.4 Å². The molecule has 41 heavy (non-hydrogen) atoms. The summed E-state index contributed by atoms with van der Waals surface area (Å²) < 4.78 is 68.4. The van der Waals surface area contributed by atoms with E-state index in [4.69, 9.17) is 23.4 Å². The van der Waals surface area contributed by atoms with Gasteiger partial charge < -0.3 is 28.7 Å². The minimum absolute atomic E-state index is 0.00471. The molecular formula is C25H22F3N5O6S2. The number of aromatic nitrogens is 4. The molecule has 16 heteroatoms. The number of imidazole rings is 1. The molecule has 0 amide bonds. The van der Waals surface area contributed by atoms with Crippen molar-refractivity contribution in [2.45, 2.75) is 31.2 Å². The number of nitrogens with zero attached hydrogens (tertiary/aromatic N) is 4. The number of hydrogen-bond acceptors (Lipinski definition) is 12. The van der Waals surface area contributed by atoms with Gasteiger partial charge in [0.25, 0.3) is 5.19 Å². The lowest BCUT2D eigenvalue weighted by atomic mass is 9.92.